The molecule has 114 valence electrons. The SMILES string of the molecule is CCC(CC)N1C(=O)CC(NCCN2CCCC2)C1=O. The third-order valence-corrected chi connectivity index (χ3v) is 4.51. The fraction of sp³-hybridized carbons (Fsp3) is 0.867. The number of hydrogen-bond donors (Lipinski definition) is 1. The largest absolute Gasteiger partial charge is 0.304 e. The zero-order valence-corrected chi connectivity index (χ0v) is 12.7. The summed E-state index contributed by atoms with van der Waals surface area (Å²) in [6, 6.07) is -0.230. The van der Waals surface area contributed by atoms with Crippen molar-refractivity contribution in [1.82, 2.24) is 15.1 Å². The molecule has 2 heterocycles. The van der Waals surface area contributed by atoms with E-state index in [2.05, 4.69) is 10.2 Å². The number of likely N-dealkylation sites (tertiary alicyclic amines) is 2. The highest BCUT2D eigenvalue weighted by atomic mass is 16.2. The molecule has 0 aromatic heterocycles. The van der Waals surface area contributed by atoms with Gasteiger partial charge in [-0.2, -0.15) is 0 Å². The molecule has 0 aliphatic carbocycles. The monoisotopic (exact) mass is 281 g/mol. The lowest BCUT2D eigenvalue weighted by Crippen LogP contribution is -2.45. The Balaban J connectivity index is 1.81. The van der Waals surface area contributed by atoms with Crippen molar-refractivity contribution >= 4 is 11.8 Å². The van der Waals surface area contributed by atoms with E-state index in [-0.39, 0.29) is 23.9 Å². The molecule has 0 aromatic carbocycles. The number of imide groups is 1. The molecule has 0 spiro atoms. The van der Waals surface area contributed by atoms with E-state index >= 15 is 0 Å². The summed E-state index contributed by atoms with van der Waals surface area (Å²) >= 11 is 0. The van der Waals surface area contributed by atoms with Crippen LogP contribution < -0.4 is 5.32 Å². The van der Waals surface area contributed by atoms with Crippen LogP contribution in [0.15, 0.2) is 0 Å². The summed E-state index contributed by atoms with van der Waals surface area (Å²) in [4.78, 5) is 28.3. The zero-order valence-electron chi connectivity index (χ0n) is 12.7. The predicted molar refractivity (Wildman–Crippen MR) is 78.3 cm³/mol. The van der Waals surface area contributed by atoms with Gasteiger partial charge in [-0.25, -0.2) is 0 Å². The van der Waals surface area contributed by atoms with E-state index in [1.54, 1.807) is 0 Å². The van der Waals surface area contributed by atoms with E-state index in [4.69, 9.17) is 0 Å². The van der Waals surface area contributed by atoms with Gasteiger partial charge >= 0.3 is 0 Å². The Morgan fingerprint density at radius 2 is 1.85 bits per heavy atom. The van der Waals surface area contributed by atoms with Crippen molar-refractivity contribution in [2.75, 3.05) is 26.2 Å². The van der Waals surface area contributed by atoms with Crippen molar-refractivity contribution in [2.45, 2.75) is 58.0 Å². The van der Waals surface area contributed by atoms with Crippen LogP contribution >= 0.6 is 0 Å². The second-order valence-corrected chi connectivity index (χ2v) is 5.83. The second kappa shape index (κ2) is 7.18. The normalized spacial score (nSPS) is 24.4. The lowest BCUT2D eigenvalue weighted by molar-refractivity contribution is -0.141. The van der Waals surface area contributed by atoms with Crippen molar-refractivity contribution < 1.29 is 9.59 Å². The van der Waals surface area contributed by atoms with Crippen molar-refractivity contribution in [2.24, 2.45) is 0 Å². The highest BCUT2D eigenvalue weighted by Crippen LogP contribution is 2.20. The molecule has 5 nitrogen and oxygen atoms in total. The molecule has 1 unspecified atom stereocenters. The van der Waals surface area contributed by atoms with E-state index in [1.807, 2.05) is 13.8 Å². The van der Waals surface area contributed by atoms with Gasteiger partial charge < -0.3 is 10.2 Å². The van der Waals surface area contributed by atoms with Gasteiger partial charge in [-0.15, -0.1) is 0 Å². The summed E-state index contributed by atoms with van der Waals surface area (Å²) in [6.07, 6.45) is 4.57. The topological polar surface area (TPSA) is 52.7 Å². The Bertz CT molecular complexity index is 349. The van der Waals surface area contributed by atoms with Crippen molar-refractivity contribution in [1.29, 1.82) is 0 Å². The first-order valence-corrected chi connectivity index (χ1v) is 7.99. The third-order valence-electron chi connectivity index (χ3n) is 4.51. The smallest absolute Gasteiger partial charge is 0.247 e. The summed E-state index contributed by atoms with van der Waals surface area (Å²) in [5.74, 6) is -0.0347. The van der Waals surface area contributed by atoms with Crippen LogP contribution in [0, 0.1) is 0 Å². The fourth-order valence-electron chi connectivity index (χ4n) is 3.25. The number of amides is 2. The quantitative estimate of drug-likeness (QED) is 0.707. The number of carbonyl (C=O) groups is 2. The maximum atomic E-state index is 12.3. The molecule has 0 aromatic rings. The van der Waals surface area contributed by atoms with Crippen LogP contribution in [0.4, 0.5) is 0 Å². The number of carbonyl (C=O) groups excluding carboxylic acids is 2. The van der Waals surface area contributed by atoms with E-state index in [1.165, 1.54) is 30.8 Å². The summed E-state index contributed by atoms with van der Waals surface area (Å²) < 4.78 is 0. The molecule has 5 heteroatoms. The average Bonchev–Trinajstić information content (AvgIpc) is 3.04. The first-order chi connectivity index (χ1) is 9.67. The highest BCUT2D eigenvalue weighted by molar-refractivity contribution is 6.05. The first-order valence-electron chi connectivity index (χ1n) is 7.99. The Labute approximate surface area is 121 Å². The highest BCUT2D eigenvalue weighted by Gasteiger charge is 2.40. The molecule has 1 N–H and O–H groups in total. The van der Waals surface area contributed by atoms with Gasteiger partial charge in [0.2, 0.25) is 11.8 Å². The van der Waals surface area contributed by atoms with Gasteiger partial charge in [0.15, 0.2) is 0 Å². The number of hydrogen-bond acceptors (Lipinski definition) is 4. The Kier molecular flexibility index (Phi) is 5.54. The summed E-state index contributed by atoms with van der Waals surface area (Å²) in [6.45, 7) is 8.16. The van der Waals surface area contributed by atoms with Gasteiger partial charge in [-0.1, -0.05) is 13.8 Å². The first kappa shape index (κ1) is 15.4. The molecule has 1 atom stereocenters. The maximum Gasteiger partial charge on any atom is 0.247 e. The van der Waals surface area contributed by atoms with Crippen molar-refractivity contribution in [3.63, 3.8) is 0 Å². The van der Waals surface area contributed by atoms with Crippen molar-refractivity contribution in [3.8, 4) is 0 Å². The average molecular weight is 281 g/mol. The van der Waals surface area contributed by atoms with E-state index < -0.39 is 0 Å². The van der Waals surface area contributed by atoms with Crippen LogP contribution in [0.25, 0.3) is 0 Å². The van der Waals surface area contributed by atoms with Gasteiger partial charge in [-0.3, -0.25) is 14.5 Å². The molecule has 2 rings (SSSR count). The van der Waals surface area contributed by atoms with Gasteiger partial charge in [0, 0.05) is 19.1 Å². The molecule has 0 radical (unpaired) electrons. The lowest BCUT2D eigenvalue weighted by Gasteiger charge is -2.24. The fourth-order valence-corrected chi connectivity index (χ4v) is 3.25. The number of rotatable bonds is 7. The molecule has 2 amide bonds. The number of nitrogens with zero attached hydrogens (tertiary/aromatic N) is 2. The summed E-state index contributed by atoms with van der Waals surface area (Å²) in [5, 5.41) is 3.27. The molecule has 2 saturated heterocycles. The van der Waals surface area contributed by atoms with Gasteiger partial charge in [-0.05, 0) is 38.8 Å². The maximum absolute atomic E-state index is 12.3. The number of nitrogens with one attached hydrogen (secondary N) is 1. The molecular formula is C15H27N3O2. The third kappa shape index (κ3) is 3.38. The van der Waals surface area contributed by atoms with Crippen LogP contribution in [-0.2, 0) is 9.59 Å². The molecular weight excluding hydrogens is 254 g/mol. The van der Waals surface area contributed by atoms with Gasteiger partial charge in [0.05, 0.1) is 12.5 Å². The summed E-state index contributed by atoms with van der Waals surface area (Å²) in [5.41, 5.74) is 0. The molecule has 2 fully saturated rings. The predicted octanol–water partition coefficient (Wildman–Crippen LogP) is 0.988. The zero-order chi connectivity index (χ0) is 14.5. The second-order valence-electron chi connectivity index (χ2n) is 5.83. The van der Waals surface area contributed by atoms with Crippen LogP contribution in [0.2, 0.25) is 0 Å². The van der Waals surface area contributed by atoms with Crippen LogP contribution in [0.3, 0.4) is 0 Å². The van der Waals surface area contributed by atoms with Gasteiger partial charge in [0.25, 0.3) is 0 Å². The molecule has 2 aliphatic heterocycles. The van der Waals surface area contributed by atoms with E-state index in [0.29, 0.717) is 6.42 Å². The van der Waals surface area contributed by atoms with Crippen LogP contribution in [0.5, 0.6) is 0 Å². The summed E-state index contributed by atoms with van der Waals surface area (Å²) in [7, 11) is 0. The Morgan fingerprint density at radius 1 is 1.20 bits per heavy atom. The molecule has 0 bridgehead atoms. The minimum atomic E-state index is -0.300. The van der Waals surface area contributed by atoms with Crippen molar-refractivity contribution in [3.05, 3.63) is 0 Å². The minimum absolute atomic E-state index is 0.0117. The molecule has 2 aliphatic rings. The van der Waals surface area contributed by atoms with Crippen LogP contribution in [-0.4, -0.2) is 59.9 Å². The standard InChI is InChI=1S/C15H27N3O2/c1-3-12(4-2)18-14(19)11-13(15(18)20)16-7-10-17-8-5-6-9-17/h12-13,16H,3-11H2,1-2H3. The Hall–Kier alpha value is -0.940. The van der Waals surface area contributed by atoms with Crippen LogP contribution in [0.1, 0.15) is 46.0 Å². The minimum Gasteiger partial charge on any atom is -0.304 e. The van der Waals surface area contributed by atoms with Gasteiger partial charge in [0.1, 0.15) is 0 Å². The van der Waals surface area contributed by atoms with E-state index in [0.717, 1.165) is 25.9 Å². The lowest BCUT2D eigenvalue weighted by atomic mass is 10.1. The van der Waals surface area contributed by atoms with E-state index in [9.17, 15) is 9.59 Å². The molecule has 0 saturated carbocycles. The molecule has 20 heavy (non-hydrogen) atoms. The Morgan fingerprint density at radius 3 is 2.45 bits per heavy atom.